The van der Waals surface area contributed by atoms with Crippen LogP contribution in [-0.2, 0) is 9.47 Å². The summed E-state index contributed by atoms with van der Waals surface area (Å²) < 4.78 is 10.6. The van der Waals surface area contributed by atoms with Crippen molar-refractivity contribution in [3.63, 3.8) is 0 Å². The third kappa shape index (κ3) is 3.36. The van der Waals surface area contributed by atoms with Gasteiger partial charge in [-0.3, -0.25) is 0 Å². The fourth-order valence-electron chi connectivity index (χ4n) is 2.60. The van der Waals surface area contributed by atoms with E-state index in [0.29, 0.717) is 25.5 Å². The van der Waals surface area contributed by atoms with Crippen LogP contribution in [0.4, 0.5) is 4.79 Å². The second kappa shape index (κ2) is 5.52. The molecule has 2 aliphatic heterocycles. The molecule has 2 heterocycles. The molecular formula is C14H24N2O4. The van der Waals surface area contributed by atoms with E-state index in [1.54, 1.807) is 4.90 Å². The minimum absolute atomic E-state index is 0.0383. The van der Waals surface area contributed by atoms with Crippen LogP contribution in [0.2, 0.25) is 0 Å². The summed E-state index contributed by atoms with van der Waals surface area (Å²) in [5.74, 6) is 0.611. The minimum Gasteiger partial charge on any atom is -0.478 e. The van der Waals surface area contributed by atoms with E-state index in [1.165, 1.54) is 0 Å². The van der Waals surface area contributed by atoms with Gasteiger partial charge >= 0.3 is 6.09 Å². The van der Waals surface area contributed by atoms with Gasteiger partial charge in [-0.2, -0.15) is 0 Å². The number of amides is 1. The van der Waals surface area contributed by atoms with E-state index >= 15 is 0 Å². The number of β-amino-alcohol motifs (C(OH)–C–C–N with tert-alkyl or cyclic N) is 1. The van der Waals surface area contributed by atoms with Gasteiger partial charge in [0, 0.05) is 6.54 Å². The molecule has 6 nitrogen and oxygen atoms in total. The first-order chi connectivity index (χ1) is 9.28. The molecule has 20 heavy (non-hydrogen) atoms. The van der Waals surface area contributed by atoms with Gasteiger partial charge in [0.1, 0.15) is 12.2 Å². The second-order valence-electron chi connectivity index (χ2n) is 6.29. The van der Waals surface area contributed by atoms with Crippen molar-refractivity contribution in [1.29, 1.82) is 0 Å². The summed E-state index contributed by atoms with van der Waals surface area (Å²) in [4.78, 5) is 15.5. The molecule has 6 heteroatoms. The first-order valence-electron chi connectivity index (χ1n) is 7.02. The van der Waals surface area contributed by atoms with Crippen molar-refractivity contribution in [2.24, 2.45) is 0 Å². The van der Waals surface area contributed by atoms with E-state index in [9.17, 15) is 9.90 Å². The Morgan fingerprint density at radius 1 is 1.45 bits per heavy atom. The Kier molecular flexibility index (Phi) is 4.13. The van der Waals surface area contributed by atoms with Crippen LogP contribution in [0.25, 0.3) is 0 Å². The van der Waals surface area contributed by atoms with E-state index < -0.39 is 11.7 Å². The lowest BCUT2D eigenvalue weighted by Crippen LogP contribution is -2.55. The van der Waals surface area contributed by atoms with Gasteiger partial charge < -0.3 is 24.4 Å². The minimum atomic E-state index is -0.616. The number of hydrogen-bond donors (Lipinski definition) is 1. The van der Waals surface area contributed by atoms with Crippen LogP contribution in [0.15, 0.2) is 12.5 Å². The number of carbonyl (C=O) groups excluding carboxylic acids is 1. The lowest BCUT2D eigenvalue weighted by molar-refractivity contribution is -0.0220. The Morgan fingerprint density at radius 3 is 2.65 bits per heavy atom. The predicted octanol–water partition coefficient (Wildman–Crippen LogP) is 1.16. The normalized spacial score (nSPS) is 27.5. The Labute approximate surface area is 119 Å². The second-order valence-corrected chi connectivity index (χ2v) is 6.29. The van der Waals surface area contributed by atoms with Crippen molar-refractivity contribution < 1.29 is 19.4 Å². The molecule has 1 amide bonds. The monoisotopic (exact) mass is 284 g/mol. The number of carbonyl (C=O) groups is 1. The van der Waals surface area contributed by atoms with Crippen molar-refractivity contribution in [3.8, 4) is 0 Å². The molecule has 2 fully saturated rings. The van der Waals surface area contributed by atoms with Crippen molar-refractivity contribution in [1.82, 2.24) is 9.80 Å². The summed E-state index contributed by atoms with van der Waals surface area (Å²) in [6, 6.07) is -0.0383. The van der Waals surface area contributed by atoms with Crippen LogP contribution in [0.1, 0.15) is 27.2 Å². The quantitative estimate of drug-likeness (QED) is 0.783. The highest BCUT2D eigenvalue weighted by Crippen LogP contribution is 2.24. The molecule has 2 rings (SSSR count). The first-order valence-corrected chi connectivity index (χ1v) is 7.02. The van der Waals surface area contributed by atoms with Crippen LogP contribution in [0.5, 0.6) is 0 Å². The van der Waals surface area contributed by atoms with Gasteiger partial charge in [0.2, 0.25) is 0 Å². The fraction of sp³-hybridized carbons (Fsp3) is 0.786. The number of rotatable bonds is 1. The number of ether oxygens (including phenoxy) is 2. The maximum atomic E-state index is 12.0. The van der Waals surface area contributed by atoms with Crippen LogP contribution >= 0.6 is 0 Å². The van der Waals surface area contributed by atoms with E-state index in [1.807, 2.05) is 25.7 Å². The van der Waals surface area contributed by atoms with E-state index in [2.05, 4.69) is 6.58 Å². The topological polar surface area (TPSA) is 62.2 Å². The van der Waals surface area contributed by atoms with Crippen molar-refractivity contribution in [2.75, 3.05) is 26.2 Å². The van der Waals surface area contributed by atoms with Gasteiger partial charge in [-0.15, -0.1) is 0 Å². The molecule has 0 saturated carbocycles. The first kappa shape index (κ1) is 15.0. The van der Waals surface area contributed by atoms with Gasteiger partial charge in [-0.25, -0.2) is 4.79 Å². The summed E-state index contributed by atoms with van der Waals surface area (Å²) >= 11 is 0. The zero-order valence-corrected chi connectivity index (χ0v) is 12.5. The average Bonchev–Trinajstić information content (AvgIpc) is 2.73. The molecule has 0 radical (unpaired) electrons. The Morgan fingerprint density at radius 2 is 2.15 bits per heavy atom. The number of piperidine rings is 1. The van der Waals surface area contributed by atoms with E-state index in [0.717, 1.165) is 6.54 Å². The molecule has 2 aliphatic rings. The SMILES string of the molecule is C=C1OCCN1[C@H]1CCN(C(=O)OC(C)(C)C)C[C@@H]1O. The molecular weight excluding hydrogens is 260 g/mol. The predicted molar refractivity (Wildman–Crippen MR) is 74.0 cm³/mol. The number of nitrogens with zero attached hydrogens (tertiary/aromatic N) is 2. The summed E-state index contributed by atoms with van der Waals surface area (Å²) in [6.07, 6.45) is -0.302. The average molecular weight is 284 g/mol. The Hall–Kier alpha value is -1.43. The molecule has 2 saturated heterocycles. The van der Waals surface area contributed by atoms with Crippen LogP contribution in [-0.4, -0.2) is 65.0 Å². The lowest BCUT2D eigenvalue weighted by atomic mass is 10.0. The van der Waals surface area contributed by atoms with Gasteiger partial charge in [-0.1, -0.05) is 0 Å². The zero-order chi connectivity index (χ0) is 14.9. The third-order valence-corrected chi connectivity index (χ3v) is 3.52. The molecule has 0 aromatic rings. The molecule has 0 bridgehead atoms. The fourth-order valence-corrected chi connectivity index (χ4v) is 2.60. The maximum absolute atomic E-state index is 12.0. The molecule has 0 aromatic carbocycles. The number of likely N-dealkylation sites (tertiary alicyclic amines) is 1. The van der Waals surface area contributed by atoms with Gasteiger partial charge in [-0.05, 0) is 33.8 Å². The highest BCUT2D eigenvalue weighted by Gasteiger charge is 2.37. The van der Waals surface area contributed by atoms with Crippen LogP contribution in [0, 0.1) is 0 Å². The van der Waals surface area contributed by atoms with Crippen LogP contribution < -0.4 is 0 Å². The molecule has 0 unspecified atom stereocenters. The third-order valence-electron chi connectivity index (χ3n) is 3.52. The molecule has 0 aliphatic carbocycles. The summed E-state index contributed by atoms with van der Waals surface area (Å²) in [5, 5.41) is 10.3. The van der Waals surface area contributed by atoms with Crippen molar-refractivity contribution >= 4 is 6.09 Å². The highest BCUT2D eigenvalue weighted by atomic mass is 16.6. The maximum Gasteiger partial charge on any atom is 0.410 e. The van der Waals surface area contributed by atoms with Gasteiger partial charge in [0.15, 0.2) is 5.88 Å². The molecule has 0 aromatic heterocycles. The molecule has 2 atom stereocenters. The highest BCUT2D eigenvalue weighted by molar-refractivity contribution is 5.68. The summed E-state index contributed by atoms with van der Waals surface area (Å²) in [6.45, 7) is 11.5. The number of aliphatic hydroxyl groups excluding tert-OH is 1. The molecule has 0 spiro atoms. The van der Waals surface area contributed by atoms with E-state index in [-0.39, 0.29) is 18.7 Å². The van der Waals surface area contributed by atoms with Crippen molar-refractivity contribution in [2.45, 2.75) is 44.9 Å². The lowest BCUT2D eigenvalue weighted by Gasteiger charge is -2.40. The Balaban J connectivity index is 1.92. The molecule has 114 valence electrons. The largest absolute Gasteiger partial charge is 0.478 e. The van der Waals surface area contributed by atoms with Crippen LogP contribution in [0.3, 0.4) is 0 Å². The summed E-state index contributed by atoms with van der Waals surface area (Å²) in [7, 11) is 0. The number of aliphatic hydroxyl groups is 1. The van der Waals surface area contributed by atoms with Crippen molar-refractivity contribution in [3.05, 3.63) is 12.5 Å². The van der Waals surface area contributed by atoms with Gasteiger partial charge in [0.25, 0.3) is 0 Å². The Bertz CT molecular complexity index is 391. The van der Waals surface area contributed by atoms with E-state index in [4.69, 9.17) is 9.47 Å². The van der Waals surface area contributed by atoms with Gasteiger partial charge in [0.05, 0.1) is 25.2 Å². The molecule has 1 N–H and O–H groups in total. The standard InChI is InChI=1S/C14H24N2O4/c1-10-16(7-8-19-10)11-5-6-15(9-12(11)17)13(18)20-14(2,3)4/h11-12,17H,1,5-9H2,2-4H3/t11-,12-/m0/s1. The summed E-state index contributed by atoms with van der Waals surface area (Å²) in [5.41, 5.74) is -0.518. The zero-order valence-electron chi connectivity index (χ0n) is 12.5. The number of hydrogen-bond acceptors (Lipinski definition) is 5. The smallest absolute Gasteiger partial charge is 0.410 e.